The summed E-state index contributed by atoms with van der Waals surface area (Å²) < 4.78 is 10.4. The Labute approximate surface area is 124 Å². The minimum atomic E-state index is -0.235. The molecule has 0 bridgehead atoms. The van der Waals surface area contributed by atoms with E-state index in [-0.39, 0.29) is 12.6 Å². The van der Waals surface area contributed by atoms with Crippen molar-refractivity contribution in [3.8, 4) is 5.75 Å². The van der Waals surface area contributed by atoms with Crippen molar-refractivity contribution in [1.82, 2.24) is 0 Å². The predicted octanol–water partition coefficient (Wildman–Crippen LogP) is 2.95. The van der Waals surface area contributed by atoms with Crippen molar-refractivity contribution in [3.05, 3.63) is 59.7 Å². The van der Waals surface area contributed by atoms with Crippen molar-refractivity contribution in [3.63, 3.8) is 0 Å². The van der Waals surface area contributed by atoms with Crippen LogP contribution in [0.15, 0.2) is 48.5 Å². The number of esters is 1. The molecule has 0 saturated heterocycles. The lowest BCUT2D eigenvalue weighted by atomic mass is 10.1. The molecule has 2 aromatic rings. The van der Waals surface area contributed by atoms with Gasteiger partial charge in [-0.25, -0.2) is 0 Å². The van der Waals surface area contributed by atoms with Gasteiger partial charge < -0.3 is 15.2 Å². The number of anilines is 1. The smallest absolute Gasteiger partial charge is 0.306 e. The number of nitrogen functional groups attached to an aromatic ring is 1. The summed E-state index contributed by atoms with van der Waals surface area (Å²) in [6, 6.07) is 15.0. The summed E-state index contributed by atoms with van der Waals surface area (Å²) in [5, 5.41) is 0. The van der Waals surface area contributed by atoms with Crippen molar-refractivity contribution in [1.29, 1.82) is 0 Å². The highest BCUT2D eigenvalue weighted by Gasteiger charge is 2.06. The highest BCUT2D eigenvalue weighted by atomic mass is 16.5. The molecule has 0 unspecified atom stereocenters. The highest BCUT2D eigenvalue weighted by molar-refractivity contribution is 5.70. The van der Waals surface area contributed by atoms with E-state index >= 15 is 0 Å². The van der Waals surface area contributed by atoms with E-state index in [1.54, 1.807) is 7.11 Å². The normalized spacial score (nSPS) is 10.1. The largest absolute Gasteiger partial charge is 0.497 e. The zero-order valence-electron chi connectivity index (χ0n) is 12.0. The van der Waals surface area contributed by atoms with Crippen molar-refractivity contribution >= 4 is 11.7 Å². The summed E-state index contributed by atoms with van der Waals surface area (Å²) in [5.74, 6) is 0.515. The van der Waals surface area contributed by atoms with Crippen LogP contribution in [-0.4, -0.2) is 13.1 Å². The van der Waals surface area contributed by atoms with Gasteiger partial charge in [0.25, 0.3) is 0 Å². The lowest BCUT2D eigenvalue weighted by molar-refractivity contribution is -0.144. The molecule has 110 valence electrons. The Morgan fingerprint density at radius 3 is 2.71 bits per heavy atom. The maximum absolute atomic E-state index is 11.8. The first-order valence-electron chi connectivity index (χ1n) is 6.81. The van der Waals surface area contributed by atoms with Gasteiger partial charge in [-0.05, 0) is 35.7 Å². The second-order valence-electron chi connectivity index (χ2n) is 4.71. The van der Waals surface area contributed by atoms with Crippen LogP contribution in [0, 0.1) is 0 Å². The van der Waals surface area contributed by atoms with Crippen LogP contribution in [0.25, 0.3) is 0 Å². The minimum Gasteiger partial charge on any atom is -0.497 e. The average Bonchev–Trinajstić information content (AvgIpc) is 2.52. The molecule has 0 atom stereocenters. The molecule has 0 saturated carbocycles. The molecule has 0 amide bonds. The molecule has 2 rings (SSSR count). The van der Waals surface area contributed by atoms with Crippen LogP contribution in [0.5, 0.6) is 5.75 Å². The van der Waals surface area contributed by atoms with Gasteiger partial charge in [0.15, 0.2) is 0 Å². The molecule has 2 N–H and O–H groups in total. The topological polar surface area (TPSA) is 61.5 Å². The molecule has 4 nitrogen and oxygen atoms in total. The summed E-state index contributed by atoms with van der Waals surface area (Å²) in [7, 11) is 1.61. The van der Waals surface area contributed by atoms with Gasteiger partial charge >= 0.3 is 5.97 Å². The zero-order valence-corrected chi connectivity index (χ0v) is 12.0. The van der Waals surface area contributed by atoms with Crippen LogP contribution in [0.4, 0.5) is 5.69 Å². The number of carbonyl (C=O) groups is 1. The van der Waals surface area contributed by atoms with Crippen molar-refractivity contribution in [2.45, 2.75) is 19.4 Å². The van der Waals surface area contributed by atoms with E-state index in [1.165, 1.54) is 0 Å². The van der Waals surface area contributed by atoms with Gasteiger partial charge in [0.05, 0.1) is 7.11 Å². The van der Waals surface area contributed by atoms with E-state index in [0.29, 0.717) is 18.5 Å². The molecule has 0 aromatic heterocycles. The number of nitrogens with two attached hydrogens (primary N) is 1. The fourth-order valence-electron chi connectivity index (χ4n) is 2.00. The van der Waals surface area contributed by atoms with Gasteiger partial charge in [0.1, 0.15) is 12.4 Å². The molecule has 0 aliphatic heterocycles. The van der Waals surface area contributed by atoms with E-state index < -0.39 is 0 Å². The number of rotatable bonds is 6. The third-order valence-corrected chi connectivity index (χ3v) is 3.19. The Bertz CT molecular complexity index is 610. The Kier molecular flexibility index (Phi) is 5.21. The van der Waals surface area contributed by atoms with Gasteiger partial charge in [0.2, 0.25) is 0 Å². The molecule has 0 heterocycles. The summed E-state index contributed by atoms with van der Waals surface area (Å²) in [4.78, 5) is 11.8. The monoisotopic (exact) mass is 285 g/mol. The molecule has 0 aliphatic rings. The maximum atomic E-state index is 11.8. The number of benzene rings is 2. The Morgan fingerprint density at radius 1 is 1.14 bits per heavy atom. The second kappa shape index (κ2) is 7.33. The van der Waals surface area contributed by atoms with Crippen LogP contribution >= 0.6 is 0 Å². The number of para-hydroxylation sites is 1. The van der Waals surface area contributed by atoms with Gasteiger partial charge in [0, 0.05) is 12.1 Å². The number of methoxy groups -OCH3 is 1. The third kappa shape index (κ3) is 4.53. The van der Waals surface area contributed by atoms with E-state index in [0.717, 1.165) is 16.9 Å². The van der Waals surface area contributed by atoms with Crippen LogP contribution < -0.4 is 10.5 Å². The fourth-order valence-corrected chi connectivity index (χ4v) is 2.00. The lowest BCUT2D eigenvalue weighted by Gasteiger charge is -2.07. The lowest BCUT2D eigenvalue weighted by Crippen LogP contribution is -2.07. The molecule has 4 heteroatoms. The van der Waals surface area contributed by atoms with Crippen LogP contribution in [0.1, 0.15) is 17.5 Å². The van der Waals surface area contributed by atoms with Gasteiger partial charge in [-0.3, -0.25) is 4.79 Å². The fraction of sp³-hybridized carbons (Fsp3) is 0.235. The number of carbonyl (C=O) groups excluding carboxylic acids is 1. The molecule has 21 heavy (non-hydrogen) atoms. The quantitative estimate of drug-likeness (QED) is 0.654. The van der Waals surface area contributed by atoms with Gasteiger partial charge in [-0.2, -0.15) is 0 Å². The van der Waals surface area contributed by atoms with Crippen molar-refractivity contribution < 1.29 is 14.3 Å². The number of hydrogen-bond acceptors (Lipinski definition) is 4. The first kappa shape index (κ1) is 14.9. The van der Waals surface area contributed by atoms with Crippen molar-refractivity contribution in [2.75, 3.05) is 12.8 Å². The van der Waals surface area contributed by atoms with Gasteiger partial charge in [-0.15, -0.1) is 0 Å². The van der Waals surface area contributed by atoms with Crippen LogP contribution in [0.3, 0.4) is 0 Å². The van der Waals surface area contributed by atoms with E-state index in [1.807, 2.05) is 48.5 Å². The van der Waals surface area contributed by atoms with Gasteiger partial charge in [-0.1, -0.05) is 30.3 Å². The first-order valence-corrected chi connectivity index (χ1v) is 6.81. The Balaban J connectivity index is 1.81. The number of ether oxygens (including phenoxy) is 2. The molecule has 2 aromatic carbocycles. The first-order chi connectivity index (χ1) is 10.2. The molecule has 0 spiro atoms. The van der Waals surface area contributed by atoms with Crippen molar-refractivity contribution in [2.24, 2.45) is 0 Å². The van der Waals surface area contributed by atoms with E-state index in [4.69, 9.17) is 15.2 Å². The SMILES string of the molecule is COc1cccc(COC(=O)CCc2ccccc2N)c1. The molecular formula is C17H19NO3. The minimum absolute atomic E-state index is 0.235. The third-order valence-electron chi connectivity index (χ3n) is 3.19. The van der Waals surface area contributed by atoms with Crippen LogP contribution in [-0.2, 0) is 22.6 Å². The Hall–Kier alpha value is -2.49. The number of hydrogen-bond donors (Lipinski definition) is 1. The molecule has 0 radical (unpaired) electrons. The number of aryl methyl sites for hydroxylation is 1. The predicted molar refractivity (Wildman–Crippen MR) is 82.0 cm³/mol. The Morgan fingerprint density at radius 2 is 1.95 bits per heavy atom. The summed E-state index contributed by atoms with van der Waals surface area (Å²) in [5.41, 5.74) is 8.42. The summed E-state index contributed by atoms with van der Waals surface area (Å²) in [6.07, 6.45) is 0.905. The summed E-state index contributed by atoms with van der Waals surface area (Å²) in [6.45, 7) is 0.250. The zero-order chi connectivity index (χ0) is 15.1. The van der Waals surface area contributed by atoms with Crippen LogP contribution in [0.2, 0.25) is 0 Å². The second-order valence-corrected chi connectivity index (χ2v) is 4.71. The molecule has 0 aliphatic carbocycles. The van der Waals surface area contributed by atoms with E-state index in [2.05, 4.69) is 0 Å². The van der Waals surface area contributed by atoms with E-state index in [9.17, 15) is 4.79 Å². The summed E-state index contributed by atoms with van der Waals surface area (Å²) >= 11 is 0. The maximum Gasteiger partial charge on any atom is 0.306 e. The average molecular weight is 285 g/mol. The standard InChI is InChI=1S/C17H19NO3/c1-20-15-7-4-5-13(11-15)12-21-17(19)10-9-14-6-2-3-8-16(14)18/h2-8,11H,9-10,12,18H2,1H3. The highest BCUT2D eigenvalue weighted by Crippen LogP contribution is 2.15. The molecular weight excluding hydrogens is 266 g/mol. The molecule has 0 fully saturated rings.